The van der Waals surface area contributed by atoms with Crippen LogP contribution in [0, 0.1) is 0 Å². The summed E-state index contributed by atoms with van der Waals surface area (Å²) >= 11 is 1.15. The fourth-order valence-corrected chi connectivity index (χ4v) is 3.29. The Morgan fingerprint density at radius 3 is 2.61 bits per heavy atom. The number of carbonyl (C=O) groups is 3. The normalized spacial score (nSPS) is 11.6. The number of benzene rings is 2. The van der Waals surface area contributed by atoms with Crippen molar-refractivity contribution in [2.45, 2.75) is 13.0 Å². The van der Waals surface area contributed by atoms with Gasteiger partial charge in [0.05, 0.1) is 5.56 Å². The predicted molar refractivity (Wildman–Crippen MR) is 106 cm³/mol. The van der Waals surface area contributed by atoms with Gasteiger partial charge in [0.2, 0.25) is 0 Å². The fraction of sp³-hybridized carbons (Fsp3) is 0.150. The first kappa shape index (κ1) is 19.4. The highest BCUT2D eigenvalue weighted by molar-refractivity contribution is 7.14. The van der Waals surface area contributed by atoms with E-state index in [9.17, 15) is 14.4 Å². The summed E-state index contributed by atoms with van der Waals surface area (Å²) in [5, 5.41) is 6.52. The highest BCUT2D eigenvalue weighted by atomic mass is 32.1. The molecule has 0 aliphatic heterocycles. The van der Waals surface area contributed by atoms with Gasteiger partial charge in [-0.05, 0) is 41.3 Å². The summed E-state index contributed by atoms with van der Waals surface area (Å²) < 4.78 is 10.5. The number of hydrogen-bond acceptors (Lipinski definition) is 6. The third-order valence-corrected chi connectivity index (χ3v) is 4.75. The van der Waals surface area contributed by atoms with Crippen molar-refractivity contribution in [2.24, 2.45) is 5.73 Å². The molecule has 0 aliphatic carbocycles. The van der Waals surface area contributed by atoms with Crippen LogP contribution in [0.1, 0.15) is 17.3 Å². The molecule has 0 saturated carbocycles. The molecule has 8 heteroatoms. The van der Waals surface area contributed by atoms with Gasteiger partial charge in [-0.1, -0.05) is 30.3 Å². The Hall–Kier alpha value is -3.39. The zero-order valence-corrected chi connectivity index (χ0v) is 15.8. The molecular formula is C20H18N2O5S. The van der Waals surface area contributed by atoms with E-state index in [2.05, 4.69) is 5.32 Å². The number of carbonyl (C=O) groups excluding carboxylic acids is 3. The van der Waals surface area contributed by atoms with Crippen LogP contribution in [0.3, 0.4) is 0 Å². The highest BCUT2D eigenvalue weighted by Gasteiger charge is 2.21. The zero-order chi connectivity index (χ0) is 20.1. The number of nitrogens with one attached hydrogen (secondary N) is 1. The summed E-state index contributed by atoms with van der Waals surface area (Å²) in [7, 11) is 0. The molecule has 0 fully saturated rings. The lowest BCUT2D eigenvalue weighted by Crippen LogP contribution is -2.32. The molecule has 0 spiro atoms. The van der Waals surface area contributed by atoms with E-state index in [0.29, 0.717) is 10.8 Å². The van der Waals surface area contributed by atoms with Crippen LogP contribution in [0.4, 0.5) is 5.00 Å². The molecule has 3 rings (SSSR count). The molecule has 144 valence electrons. The van der Waals surface area contributed by atoms with Crippen LogP contribution >= 0.6 is 11.3 Å². The van der Waals surface area contributed by atoms with E-state index in [1.165, 1.54) is 13.0 Å². The van der Waals surface area contributed by atoms with Crippen LogP contribution in [0.5, 0.6) is 5.75 Å². The minimum absolute atomic E-state index is 0.205. The van der Waals surface area contributed by atoms with E-state index in [4.69, 9.17) is 15.2 Å². The molecule has 1 unspecified atom stereocenters. The first-order valence-electron chi connectivity index (χ1n) is 8.43. The second kappa shape index (κ2) is 8.53. The molecule has 0 radical (unpaired) electrons. The van der Waals surface area contributed by atoms with Gasteiger partial charge in [0.1, 0.15) is 10.8 Å². The third kappa shape index (κ3) is 4.66. The zero-order valence-electron chi connectivity index (χ0n) is 15.0. The van der Waals surface area contributed by atoms with Crippen LogP contribution in [-0.4, -0.2) is 30.5 Å². The van der Waals surface area contributed by atoms with E-state index in [1.54, 1.807) is 11.4 Å². The summed E-state index contributed by atoms with van der Waals surface area (Å²) in [6.07, 6.45) is -1.06. The van der Waals surface area contributed by atoms with E-state index < -0.39 is 23.9 Å². The van der Waals surface area contributed by atoms with Crippen molar-refractivity contribution in [2.75, 3.05) is 11.9 Å². The van der Waals surface area contributed by atoms with Crippen molar-refractivity contribution < 1.29 is 23.9 Å². The maximum atomic E-state index is 12.2. The van der Waals surface area contributed by atoms with Gasteiger partial charge in [-0.3, -0.25) is 9.59 Å². The Labute approximate surface area is 165 Å². The van der Waals surface area contributed by atoms with Crippen LogP contribution < -0.4 is 15.8 Å². The Morgan fingerprint density at radius 2 is 1.86 bits per heavy atom. The smallest absolute Gasteiger partial charge is 0.344 e. The molecule has 1 atom stereocenters. The van der Waals surface area contributed by atoms with Crippen LogP contribution in [0.2, 0.25) is 0 Å². The summed E-state index contributed by atoms with van der Waals surface area (Å²) in [6.45, 7) is 1.10. The summed E-state index contributed by atoms with van der Waals surface area (Å²) in [6, 6.07) is 14.8. The van der Waals surface area contributed by atoms with Gasteiger partial charge in [0.25, 0.3) is 11.8 Å². The van der Waals surface area contributed by atoms with E-state index in [1.807, 2.05) is 36.4 Å². The number of amides is 2. The largest absolute Gasteiger partial charge is 0.482 e. The monoisotopic (exact) mass is 398 g/mol. The molecule has 28 heavy (non-hydrogen) atoms. The fourth-order valence-electron chi connectivity index (χ4n) is 2.50. The molecule has 2 aromatic carbocycles. The molecule has 1 aromatic heterocycles. The average Bonchev–Trinajstić information content (AvgIpc) is 3.14. The molecule has 0 saturated heterocycles. The second-order valence-electron chi connectivity index (χ2n) is 5.95. The minimum Gasteiger partial charge on any atom is -0.482 e. The molecule has 7 nitrogen and oxygen atoms in total. The summed E-state index contributed by atoms with van der Waals surface area (Å²) in [5.41, 5.74) is 5.44. The number of thiophene rings is 1. The highest BCUT2D eigenvalue weighted by Crippen LogP contribution is 2.23. The number of hydrogen-bond donors (Lipinski definition) is 2. The quantitative estimate of drug-likeness (QED) is 0.595. The number of fused-ring (bicyclic) bond motifs is 1. The minimum atomic E-state index is -1.06. The first-order chi connectivity index (χ1) is 13.4. The van der Waals surface area contributed by atoms with Gasteiger partial charge in [-0.15, -0.1) is 11.3 Å². The van der Waals surface area contributed by atoms with E-state index in [-0.39, 0.29) is 12.2 Å². The van der Waals surface area contributed by atoms with Crippen LogP contribution in [0.25, 0.3) is 10.8 Å². The van der Waals surface area contributed by atoms with Crippen molar-refractivity contribution in [3.05, 3.63) is 59.5 Å². The second-order valence-corrected chi connectivity index (χ2v) is 6.86. The lowest BCUT2D eigenvalue weighted by atomic mass is 10.1. The van der Waals surface area contributed by atoms with Crippen molar-refractivity contribution in [3.63, 3.8) is 0 Å². The first-order valence-corrected chi connectivity index (χ1v) is 9.31. The lowest BCUT2D eigenvalue weighted by Gasteiger charge is -2.14. The SMILES string of the molecule is CC(OC(=O)COc1ccc2ccccc2c1)C(=O)Nc1sccc1C(N)=O. The standard InChI is InChI=1S/C20H18N2O5S/c1-12(19(25)22-20-16(18(21)24)8-9-28-20)27-17(23)11-26-15-7-6-13-4-2-3-5-14(13)10-15/h2-10,12H,11H2,1H3,(H2,21,24)(H,22,25). The molecule has 0 bridgehead atoms. The Kier molecular flexibility index (Phi) is 5.90. The van der Waals surface area contributed by atoms with E-state index in [0.717, 1.165) is 22.1 Å². The Morgan fingerprint density at radius 1 is 1.11 bits per heavy atom. The van der Waals surface area contributed by atoms with Crippen molar-refractivity contribution in [1.29, 1.82) is 0 Å². The van der Waals surface area contributed by atoms with Gasteiger partial charge < -0.3 is 20.5 Å². The van der Waals surface area contributed by atoms with Crippen LogP contribution in [-0.2, 0) is 14.3 Å². The third-order valence-electron chi connectivity index (χ3n) is 3.92. The lowest BCUT2D eigenvalue weighted by molar-refractivity contribution is -0.155. The number of rotatable bonds is 7. The van der Waals surface area contributed by atoms with Gasteiger partial charge in [-0.25, -0.2) is 4.79 Å². The van der Waals surface area contributed by atoms with E-state index >= 15 is 0 Å². The number of ether oxygens (including phenoxy) is 2. The predicted octanol–water partition coefficient (Wildman–Crippen LogP) is 2.95. The molecule has 0 aliphatic rings. The number of nitrogens with two attached hydrogens (primary N) is 1. The van der Waals surface area contributed by atoms with Crippen molar-refractivity contribution in [3.8, 4) is 5.75 Å². The maximum Gasteiger partial charge on any atom is 0.344 e. The molecular weight excluding hydrogens is 380 g/mol. The Bertz CT molecular complexity index is 1030. The maximum absolute atomic E-state index is 12.2. The molecule has 3 N–H and O–H groups in total. The Balaban J connectivity index is 1.52. The topological polar surface area (TPSA) is 108 Å². The number of primary amides is 1. The molecule has 2 amide bonds. The van der Waals surface area contributed by atoms with Gasteiger partial charge in [0, 0.05) is 0 Å². The average molecular weight is 398 g/mol. The van der Waals surface area contributed by atoms with Gasteiger partial charge in [-0.2, -0.15) is 0 Å². The summed E-state index contributed by atoms with van der Waals surface area (Å²) in [4.78, 5) is 35.4. The molecule has 1 heterocycles. The van der Waals surface area contributed by atoms with Crippen LogP contribution in [0.15, 0.2) is 53.9 Å². The van der Waals surface area contributed by atoms with Gasteiger partial charge in [0.15, 0.2) is 12.7 Å². The van der Waals surface area contributed by atoms with Gasteiger partial charge >= 0.3 is 5.97 Å². The number of anilines is 1. The summed E-state index contributed by atoms with van der Waals surface area (Å²) in [5.74, 6) is -1.37. The molecule has 3 aromatic rings. The van der Waals surface area contributed by atoms with Crippen molar-refractivity contribution in [1.82, 2.24) is 0 Å². The number of esters is 1. The van der Waals surface area contributed by atoms with Crippen molar-refractivity contribution >= 4 is 44.9 Å².